The van der Waals surface area contributed by atoms with Crippen LogP contribution in [0.15, 0.2) is 54.0 Å². The molecule has 9 heteroatoms. The fourth-order valence-corrected chi connectivity index (χ4v) is 4.57. The van der Waals surface area contributed by atoms with Crippen molar-refractivity contribution in [2.75, 3.05) is 25.0 Å². The maximum absolute atomic E-state index is 12.9. The third-order valence-electron chi connectivity index (χ3n) is 4.24. The molecule has 2 heterocycles. The van der Waals surface area contributed by atoms with E-state index in [0.29, 0.717) is 11.6 Å². The number of rotatable bonds is 7. The van der Waals surface area contributed by atoms with E-state index in [1.165, 1.54) is 16.8 Å². The van der Waals surface area contributed by atoms with E-state index in [9.17, 15) is 8.42 Å². The Balaban J connectivity index is 1.81. The molecule has 0 amide bonds. The number of aryl methyl sites for hydroxylation is 1. The molecule has 0 saturated carbocycles. The summed E-state index contributed by atoms with van der Waals surface area (Å²) in [4.78, 5) is 3.99. The van der Waals surface area contributed by atoms with Gasteiger partial charge in [0.05, 0.1) is 25.1 Å². The highest BCUT2D eigenvalue weighted by Crippen LogP contribution is 2.25. The van der Waals surface area contributed by atoms with Crippen molar-refractivity contribution < 1.29 is 13.2 Å². The molecule has 1 fully saturated rings. The third-order valence-corrected chi connectivity index (χ3v) is 6.19. The van der Waals surface area contributed by atoms with Crippen LogP contribution in [0.4, 0.5) is 5.69 Å². The summed E-state index contributed by atoms with van der Waals surface area (Å²) in [5, 5.41) is 3.98. The number of sulfonamides is 1. The van der Waals surface area contributed by atoms with Crippen molar-refractivity contribution in [3.63, 3.8) is 0 Å². The number of imidazole rings is 1. The summed E-state index contributed by atoms with van der Waals surface area (Å²) in [5.41, 5.74) is 1.69. The minimum Gasteiger partial charge on any atom is -0.378 e. The van der Waals surface area contributed by atoms with Crippen molar-refractivity contribution in [2.24, 2.45) is 7.05 Å². The lowest BCUT2D eigenvalue weighted by molar-refractivity contribution is 0.0747. The number of hydrogen-bond acceptors (Lipinski definition) is 5. The average molecular weight is 411 g/mol. The van der Waals surface area contributed by atoms with Gasteiger partial charge < -0.3 is 14.6 Å². The number of aromatic nitrogens is 2. The first-order valence-corrected chi connectivity index (χ1v) is 10.3. The average Bonchev–Trinajstić information content (AvgIpc) is 3.20. The predicted molar refractivity (Wildman–Crippen MR) is 105 cm³/mol. The van der Waals surface area contributed by atoms with Crippen LogP contribution >= 0.6 is 11.6 Å². The van der Waals surface area contributed by atoms with Crippen LogP contribution in [0.5, 0.6) is 0 Å². The van der Waals surface area contributed by atoms with Crippen LogP contribution in [-0.2, 0) is 21.8 Å². The Morgan fingerprint density at radius 3 is 2.85 bits per heavy atom. The number of benzene rings is 1. The lowest BCUT2D eigenvalue weighted by atomic mass is 10.2. The van der Waals surface area contributed by atoms with Crippen LogP contribution in [0.3, 0.4) is 0 Å². The van der Waals surface area contributed by atoms with E-state index in [0.717, 1.165) is 11.3 Å². The fraction of sp³-hybridized carbons (Fsp3) is 0.389. The summed E-state index contributed by atoms with van der Waals surface area (Å²) in [7, 11) is -1.96. The van der Waals surface area contributed by atoms with Crippen molar-refractivity contribution in [1.82, 2.24) is 13.9 Å². The van der Waals surface area contributed by atoms with Gasteiger partial charge in [-0.1, -0.05) is 29.8 Å². The third kappa shape index (κ3) is 4.70. The summed E-state index contributed by atoms with van der Waals surface area (Å²) >= 11 is 6.05. The van der Waals surface area contributed by atoms with Crippen LogP contribution in [0.25, 0.3) is 0 Å². The molecule has 0 aliphatic carbocycles. The molecule has 2 unspecified atom stereocenters. The van der Waals surface area contributed by atoms with Gasteiger partial charge in [-0.05, 0) is 25.1 Å². The lowest BCUT2D eigenvalue weighted by Gasteiger charge is -2.21. The van der Waals surface area contributed by atoms with E-state index in [4.69, 9.17) is 16.3 Å². The van der Waals surface area contributed by atoms with Gasteiger partial charge in [0.25, 0.3) is 10.0 Å². The Labute approximate surface area is 164 Å². The highest BCUT2D eigenvalue weighted by atomic mass is 35.5. The van der Waals surface area contributed by atoms with E-state index in [-0.39, 0.29) is 30.3 Å². The molecule has 2 atom stereocenters. The van der Waals surface area contributed by atoms with Gasteiger partial charge in [0.15, 0.2) is 5.03 Å². The number of nitrogens with one attached hydrogen (secondary N) is 1. The molecule has 1 aromatic carbocycles. The molecule has 27 heavy (non-hydrogen) atoms. The highest BCUT2D eigenvalue weighted by molar-refractivity contribution is 7.89. The molecule has 1 aliphatic heterocycles. The van der Waals surface area contributed by atoms with Gasteiger partial charge in [0, 0.05) is 37.0 Å². The zero-order valence-corrected chi connectivity index (χ0v) is 16.9. The van der Waals surface area contributed by atoms with Crippen molar-refractivity contribution in [3.8, 4) is 0 Å². The standard InChI is InChI=1S/C18H23ClN4O3S/c1-13(2)11-26-17-9-23(27(24,25)18-10-22(3)12-20-18)8-16(17)21-15-6-4-5-14(19)7-15/h4-7,10,12,16-17,21H,1,8-9,11H2,2-3H3. The number of nitrogens with zero attached hydrogens (tertiary/aromatic N) is 3. The van der Waals surface area contributed by atoms with Gasteiger partial charge in [0.2, 0.25) is 0 Å². The van der Waals surface area contributed by atoms with E-state index in [1.54, 1.807) is 23.7 Å². The van der Waals surface area contributed by atoms with Gasteiger partial charge in [-0.15, -0.1) is 0 Å². The van der Waals surface area contributed by atoms with Gasteiger partial charge in [-0.3, -0.25) is 0 Å². The maximum Gasteiger partial charge on any atom is 0.262 e. The fourth-order valence-electron chi connectivity index (χ4n) is 2.94. The van der Waals surface area contributed by atoms with Crippen molar-refractivity contribution in [3.05, 3.63) is 54.0 Å². The van der Waals surface area contributed by atoms with Crippen molar-refractivity contribution in [1.29, 1.82) is 0 Å². The number of hydrogen-bond donors (Lipinski definition) is 1. The Morgan fingerprint density at radius 2 is 2.22 bits per heavy atom. The van der Waals surface area contributed by atoms with E-state index < -0.39 is 10.0 Å². The molecule has 2 aromatic rings. The summed E-state index contributed by atoms with van der Waals surface area (Å²) in [6.45, 7) is 6.60. The van der Waals surface area contributed by atoms with Crippen LogP contribution in [0.2, 0.25) is 5.02 Å². The summed E-state index contributed by atoms with van der Waals surface area (Å²) in [6, 6.07) is 7.09. The lowest BCUT2D eigenvalue weighted by Crippen LogP contribution is -2.34. The topological polar surface area (TPSA) is 76.5 Å². The monoisotopic (exact) mass is 410 g/mol. The molecule has 0 bridgehead atoms. The molecular weight excluding hydrogens is 388 g/mol. The second-order valence-electron chi connectivity index (χ2n) is 6.77. The first-order valence-electron chi connectivity index (χ1n) is 8.52. The summed E-state index contributed by atoms with van der Waals surface area (Å²) < 4.78 is 34.8. The smallest absolute Gasteiger partial charge is 0.262 e. The van der Waals surface area contributed by atoms with Crippen molar-refractivity contribution >= 4 is 27.3 Å². The van der Waals surface area contributed by atoms with Crippen LogP contribution < -0.4 is 5.32 Å². The normalized spacial score (nSPS) is 20.7. The summed E-state index contributed by atoms with van der Waals surface area (Å²) in [5.74, 6) is 0. The van der Waals surface area contributed by atoms with Gasteiger partial charge >= 0.3 is 0 Å². The molecule has 146 valence electrons. The summed E-state index contributed by atoms with van der Waals surface area (Å²) in [6.07, 6.45) is 2.65. The zero-order chi connectivity index (χ0) is 19.6. The maximum atomic E-state index is 12.9. The van der Waals surface area contributed by atoms with E-state index in [1.807, 2.05) is 19.1 Å². The molecular formula is C18H23ClN4O3S. The SMILES string of the molecule is C=C(C)COC1CN(S(=O)(=O)c2cn(C)cn2)CC1Nc1cccc(Cl)c1. The zero-order valence-electron chi connectivity index (χ0n) is 15.3. The Hall–Kier alpha value is -1.87. The van der Waals surface area contributed by atoms with Gasteiger partial charge in [-0.2, -0.15) is 4.31 Å². The van der Waals surface area contributed by atoms with Gasteiger partial charge in [0.1, 0.15) is 0 Å². The van der Waals surface area contributed by atoms with Gasteiger partial charge in [-0.25, -0.2) is 13.4 Å². The minimum absolute atomic E-state index is 0.0343. The highest BCUT2D eigenvalue weighted by Gasteiger charge is 2.41. The first-order chi connectivity index (χ1) is 12.8. The van der Waals surface area contributed by atoms with Crippen LogP contribution in [0.1, 0.15) is 6.92 Å². The number of ether oxygens (including phenoxy) is 1. The van der Waals surface area contributed by atoms with E-state index >= 15 is 0 Å². The number of halogens is 1. The van der Waals surface area contributed by atoms with Crippen LogP contribution in [-0.4, -0.2) is 54.1 Å². The molecule has 1 aromatic heterocycles. The Kier molecular flexibility index (Phi) is 5.90. The minimum atomic E-state index is -3.69. The van der Waals surface area contributed by atoms with Crippen LogP contribution in [0, 0.1) is 0 Å². The second kappa shape index (κ2) is 8.02. The first kappa shape index (κ1) is 19.9. The molecule has 1 saturated heterocycles. The Bertz CT molecular complexity index is 928. The predicted octanol–water partition coefficient (Wildman–Crippen LogP) is 2.52. The Morgan fingerprint density at radius 1 is 1.44 bits per heavy atom. The van der Waals surface area contributed by atoms with Crippen molar-refractivity contribution in [2.45, 2.75) is 24.1 Å². The second-order valence-corrected chi connectivity index (χ2v) is 9.09. The van der Waals surface area contributed by atoms with E-state index in [2.05, 4.69) is 16.9 Å². The molecule has 3 rings (SSSR count). The molecule has 0 spiro atoms. The quantitative estimate of drug-likeness (QED) is 0.710. The molecule has 1 N–H and O–H groups in total. The molecule has 7 nitrogen and oxygen atoms in total. The molecule has 0 radical (unpaired) electrons. The number of anilines is 1. The largest absolute Gasteiger partial charge is 0.378 e. The molecule has 1 aliphatic rings.